The lowest BCUT2D eigenvalue weighted by Gasteiger charge is -2.15. The molecule has 0 bridgehead atoms. The average Bonchev–Trinajstić information content (AvgIpc) is 2.70. The molecule has 5 nitrogen and oxygen atoms in total. The van der Waals surface area contributed by atoms with Gasteiger partial charge in [0.2, 0.25) is 0 Å². The lowest BCUT2D eigenvalue weighted by Crippen LogP contribution is -2.25. The van der Waals surface area contributed by atoms with Gasteiger partial charge in [-0.1, -0.05) is 0 Å². The lowest BCUT2D eigenvalue weighted by atomic mass is 10.0. The first-order valence-electron chi connectivity index (χ1n) is 5.26. The third kappa shape index (κ3) is 2.02. The fraction of sp³-hybridized carbons (Fsp3) is 0.333. The zero-order valence-electron chi connectivity index (χ0n) is 9.36. The van der Waals surface area contributed by atoms with Crippen molar-refractivity contribution in [1.29, 1.82) is 5.26 Å². The first kappa shape index (κ1) is 11.3. The van der Waals surface area contributed by atoms with Crippen molar-refractivity contribution in [2.45, 2.75) is 18.9 Å². The zero-order valence-corrected chi connectivity index (χ0v) is 9.36. The summed E-state index contributed by atoms with van der Waals surface area (Å²) < 4.78 is 5.23. The van der Waals surface area contributed by atoms with Gasteiger partial charge >= 0.3 is 6.09 Å². The summed E-state index contributed by atoms with van der Waals surface area (Å²) in [6.45, 7) is 0. The Kier molecular flexibility index (Phi) is 2.88. The first-order chi connectivity index (χ1) is 8.15. The molecule has 0 radical (unpaired) electrons. The second-order valence-electron chi connectivity index (χ2n) is 3.90. The Balaban J connectivity index is 2.44. The smallest absolute Gasteiger partial charge is 0.405 e. The zero-order chi connectivity index (χ0) is 12.4. The van der Waals surface area contributed by atoms with E-state index in [4.69, 9.17) is 15.1 Å². The molecule has 0 saturated heterocycles. The van der Waals surface area contributed by atoms with E-state index in [-0.39, 0.29) is 6.04 Å². The van der Waals surface area contributed by atoms with E-state index in [0.717, 1.165) is 17.5 Å². The fourth-order valence-electron chi connectivity index (χ4n) is 2.26. The molecule has 17 heavy (non-hydrogen) atoms. The topological polar surface area (TPSA) is 82.3 Å². The van der Waals surface area contributed by atoms with Crippen LogP contribution in [-0.4, -0.2) is 18.3 Å². The SMILES string of the molecule is COc1cc(C#N)cc2c1[C@H](NC(=O)O)CC2. The van der Waals surface area contributed by atoms with Crippen LogP contribution in [0.1, 0.15) is 29.2 Å². The predicted molar refractivity (Wildman–Crippen MR) is 59.9 cm³/mol. The van der Waals surface area contributed by atoms with Gasteiger partial charge in [0.15, 0.2) is 0 Å². The number of carbonyl (C=O) groups is 1. The van der Waals surface area contributed by atoms with Crippen molar-refractivity contribution in [3.8, 4) is 11.8 Å². The number of hydrogen-bond donors (Lipinski definition) is 2. The van der Waals surface area contributed by atoms with Crippen LogP contribution in [0.25, 0.3) is 0 Å². The molecule has 1 aliphatic carbocycles. The molecule has 1 aromatic rings. The first-order valence-corrected chi connectivity index (χ1v) is 5.26. The van der Waals surface area contributed by atoms with E-state index in [1.807, 2.05) is 0 Å². The van der Waals surface area contributed by atoms with Gasteiger partial charge in [-0.05, 0) is 30.5 Å². The maximum absolute atomic E-state index is 10.7. The highest BCUT2D eigenvalue weighted by molar-refractivity contribution is 5.66. The number of hydrogen-bond acceptors (Lipinski definition) is 3. The number of nitrogens with one attached hydrogen (secondary N) is 1. The standard InChI is InChI=1S/C12H12N2O3/c1-17-10-5-7(6-13)4-8-2-3-9(11(8)10)14-12(15)16/h4-5,9,14H,2-3H2,1H3,(H,15,16)/t9-/m1/s1. The van der Waals surface area contributed by atoms with Gasteiger partial charge in [0.1, 0.15) is 5.75 Å². The average molecular weight is 232 g/mol. The Morgan fingerprint density at radius 2 is 2.41 bits per heavy atom. The van der Waals surface area contributed by atoms with Crippen LogP contribution in [0.2, 0.25) is 0 Å². The molecule has 88 valence electrons. The number of benzene rings is 1. The highest BCUT2D eigenvalue weighted by Gasteiger charge is 2.28. The van der Waals surface area contributed by atoms with E-state index in [0.29, 0.717) is 17.7 Å². The van der Waals surface area contributed by atoms with Gasteiger partial charge in [-0.3, -0.25) is 0 Å². The number of rotatable bonds is 2. The second kappa shape index (κ2) is 4.34. The van der Waals surface area contributed by atoms with Gasteiger partial charge in [-0.2, -0.15) is 5.26 Å². The number of nitrogens with zero attached hydrogens (tertiary/aromatic N) is 1. The molecule has 0 saturated carbocycles. The van der Waals surface area contributed by atoms with Crippen LogP contribution < -0.4 is 10.1 Å². The Morgan fingerprint density at radius 1 is 1.65 bits per heavy atom. The van der Waals surface area contributed by atoms with Gasteiger partial charge in [-0.15, -0.1) is 0 Å². The number of carboxylic acid groups (broad SMARTS) is 1. The largest absolute Gasteiger partial charge is 0.496 e. The van der Waals surface area contributed by atoms with E-state index in [1.165, 1.54) is 7.11 Å². The normalized spacial score (nSPS) is 17.1. The molecule has 2 rings (SSSR count). The predicted octanol–water partition coefficient (Wildman–Crippen LogP) is 1.82. The second-order valence-corrected chi connectivity index (χ2v) is 3.90. The van der Waals surface area contributed by atoms with Gasteiger partial charge in [0.25, 0.3) is 0 Å². The summed E-state index contributed by atoms with van der Waals surface area (Å²) in [5.74, 6) is 0.579. The number of methoxy groups -OCH3 is 1. The molecule has 0 aromatic heterocycles. The molecule has 1 aromatic carbocycles. The molecule has 0 fully saturated rings. The molecular weight excluding hydrogens is 220 g/mol. The number of amides is 1. The van der Waals surface area contributed by atoms with Crippen LogP contribution in [0, 0.1) is 11.3 Å². The number of nitriles is 1. The van der Waals surface area contributed by atoms with Crippen LogP contribution in [0.5, 0.6) is 5.75 Å². The van der Waals surface area contributed by atoms with Crippen molar-refractivity contribution < 1.29 is 14.6 Å². The molecule has 0 unspecified atom stereocenters. The van der Waals surface area contributed by atoms with Gasteiger partial charge < -0.3 is 15.2 Å². The molecule has 0 aliphatic heterocycles. The van der Waals surface area contributed by atoms with Gasteiger partial charge in [0.05, 0.1) is 24.8 Å². The van der Waals surface area contributed by atoms with E-state index >= 15 is 0 Å². The quantitative estimate of drug-likeness (QED) is 0.814. The molecule has 1 atom stereocenters. The van der Waals surface area contributed by atoms with Crippen LogP contribution >= 0.6 is 0 Å². The number of aryl methyl sites for hydroxylation is 1. The molecule has 2 N–H and O–H groups in total. The van der Waals surface area contributed by atoms with Crippen LogP contribution in [0.4, 0.5) is 4.79 Å². The molecule has 5 heteroatoms. The van der Waals surface area contributed by atoms with Gasteiger partial charge in [0, 0.05) is 5.56 Å². The summed E-state index contributed by atoms with van der Waals surface area (Å²) in [4.78, 5) is 10.7. The lowest BCUT2D eigenvalue weighted by molar-refractivity contribution is 0.189. The van der Waals surface area contributed by atoms with Gasteiger partial charge in [-0.25, -0.2) is 4.79 Å². The van der Waals surface area contributed by atoms with Crippen molar-refractivity contribution in [1.82, 2.24) is 5.32 Å². The minimum absolute atomic E-state index is 0.245. The highest BCUT2D eigenvalue weighted by Crippen LogP contribution is 2.38. The van der Waals surface area contributed by atoms with E-state index in [2.05, 4.69) is 11.4 Å². The minimum Gasteiger partial charge on any atom is -0.496 e. The Hall–Kier alpha value is -2.22. The Bertz CT molecular complexity index is 505. The molecule has 0 heterocycles. The van der Waals surface area contributed by atoms with Crippen LogP contribution in [0.3, 0.4) is 0 Å². The summed E-state index contributed by atoms with van der Waals surface area (Å²) in [7, 11) is 1.52. The number of fused-ring (bicyclic) bond motifs is 1. The van der Waals surface area contributed by atoms with E-state index in [1.54, 1.807) is 12.1 Å². The summed E-state index contributed by atoms with van der Waals surface area (Å²) in [6.07, 6.45) is 0.410. The minimum atomic E-state index is -1.05. The molecule has 1 amide bonds. The highest BCUT2D eigenvalue weighted by atomic mass is 16.5. The van der Waals surface area contributed by atoms with Crippen molar-refractivity contribution in [3.05, 3.63) is 28.8 Å². The van der Waals surface area contributed by atoms with Crippen LogP contribution in [0.15, 0.2) is 12.1 Å². The third-order valence-corrected chi connectivity index (χ3v) is 2.93. The summed E-state index contributed by atoms with van der Waals surface area (Å²) in [6, 6.07) is 5.26. The fourth-order valence-corrected chi connectivity index (χ4v) is 2.26. The summed E-state index contributed by atoms with van der Waals surface area (Å²) in [5, 5.41) is 20.1. The van der Waals surface area contributed by atoms with Crippen molar-refractivity contribution in [2.24, 2.45) is 0 Å². The maximum Gasteiger partial charge on any atom is 0.405 e. The van der Waals surface area contributed by atoms with Crippen molar-refractivity contribution in [3.63, 3.8) is 0 Å². The summed E-state index contributed by atoms with van der Waals surface area (Å²) >= 11 is 0. The van der Waals surface area contributed by atoms with Crippen molar-refractivity contribution in [2.75, 3.05) is 7.11 Å². The monoisotopic (exact) mass is 232 g/mol. The van der Waals surface area contributed by atoms with Crippen molar-refractivity contribution >= 4 is 6.09 Å². The maximum atomic E-state index is 10.7. The Morgan fingerprint density at radius 3 is 3.00 bits per heavy atom. The molecule has 0 spiro atoms. The van der Waals surface area contributed by atoms with E-state index < -0.39 is 6.09 Å². The Labute approximate surface area is 98.6 Å². The molecular formula is C12H12N2O3. The molecule has 1 aliphatic rings. The summed E-state index contributed by atoms with van der Waals surface area (Å²) in [5.41, 5.74) is 2.38. The van der Waals surface area contributed by atoms with Crippen LogP contribution in [-0.2, 0) is 6.42 Å². The number of ether oxygens (including phenoxy) is 1. The third-order valence-electron chi connectivity index (χ3n) is 2.93. The van der Waals surface area contributed by atoms with E-state index in [9.17, 15) is 4.79 Å².